The van der Waals surface area contributed by atoms with Crippen molar-refractivity contribution in [3.05, 3.63) is 30.3 Å². The minimum absolute atomic E-state index is 0.153. The van der Waals surface area contributed by atoms with Crippen LogP contribution in [0.4, 0.5) is 10.5 Å². The van der Waals surface area contributed by atoms with Crippen LogP contribution >= 0.6 is 0 Å². The lowest BCUT2D eigenvalue weighted by atomic mass is 10.3. The van der Waals surface area contributed by atoms with Crippen LogP contribution in [0.1, 0.15) is 0 Å². The molecule has 0 spiro atoms. The summed E-state index contributed by atoms with van der Waals surface area (Å²) in [5.41, 5.74) is 0.810. The van der Waals surface area contributed by atoms with E-state index in [0.717, 1.165) is 16.7 Å². The largest absolute Gasteiger partial charge is 0.332 e. The molecule has 0 radical (unpaired) electrons. The Kier molecular flexibility index (Phi) is 4.31. The summed E-state index contributed by atoms with van der Waals surface area (Å²) in [5.74, 6) is 0. The minimum Gasteiger partial charge on any atom is -0.332 e. The van der Waals surface area contributed by atoms with Gasteiger partial charge in [-0.1, -0.05) is 18.2 Å². The lowest BCUT2D eigenvalue weighted by Gasteiger charge is -2.23. The van der Waals surface area contributed by atoms with E-state index < -0.39 is 0 Å². The smallest absolute Gasteiger partial charge is 0.319 e. The van der Waals surface area contributed by atoms with Crippen molar-refractivity contribution >= 4 is 11.7 Å². The highest BCUT2D eigenvalue weighted by atomic mass is 16.2. The number of nitrogens with zero attached hydrogens (tertiary/aromatic N) is 1. The van der Waals surface area contributed by atoms with Gasteiger partial charge in [0.2, 0.25) is 0 Å². The van der Waals surface area contributed by atoms with Gasteiger partial charge in [-0.15, -0.1) is 0 Å². The van der Waals surface area contributed by atoms with Gasteiger partial charge in [0.25, 0.3) is 0 Å². The third-order valence-electron chi connectivity index (χ3n) is 2.10. The second kappa shape index (κ2) is 5.51. The van der Waals surface area contributed by atoms with Gasteiger partial charge < -0.3 is 15.1 Å². The quantitative estimate of drug-likeness (QED) is 0.745. The van der Waals surface area contributed by atoms with Crippen molar-refractivity contribution in [2.45, 2.75) is 0 Å². The maximum atomic E-state index is 11.5. The predicted octanol–water partition coefficient (Wildman–Crippen LogP) is 1.51. The molecule has 0 bridgehead atoms. The van der Waals surface area contributed by atoms with Crippen LogP contribution in [0.5, 0.6) is 0 Å². The summed E-state index contributed by atoms with van der Waals surface area (Å²) >= 11 is 0. The Bertz CT molecular complexity index is 330. The number of hydrogen-bond donors (Lipinski definition) is 2. The van der Waals surface area contributed by atoms with Gasteiger partial charge in [0.05, 0.1) is 34.2 Å². The number of anilines is 1. The van der Waals surface area contributed by atoms with Crippen molar-refractivity contribution in [2.24, 2.45) is 0 Å². The van der Waals surface area contributed by atoms with Crippen LogP contribution in [0, 0.1) is 0 Å². The second-order valence-corrected chi connectivity index (χ2v) is 4.76. The number of rotatable bonds is 4. The molecule has 1 aromatic carbocycles. The zero-order valence-corrected chi connectivity index (χ0v) is 10.2. The number of hydrogen-bond acceptors (Lipinski definition) is 1. The molecule has 4 heteroatoms. The lowest BCUT2D eigenvalue weighted by molar-refractivity contribution is -0.869. The number of quaternary nitrogens is 1. The average molecular weight is 222 g/mol. The fraction of sp³-hybridized carbons (Fsp3) is 0.417. The first-order valence-corrected chi connectivity index (χ1v) is 5.38. The van der Waals surface area contributed by atoms with Crippen LogP contribution in [-0.2, 0) is 0 Å². The molecule has 0 aliphatic heterocycles. The van der Waals surface area contributed by atoms with Crippen LogP contribution in [0.25, 0.3) is 0 Å². The van der Waals surface area contributed by atoms with E-state index in [1.807, 2.05) is 30.3 Å². The first-order chi connectivity index (χ1) is 7.47. The third-order valence-corrected chi connectivity index (χ3v) is 2.10. The van der Waals surface area contributed by atoms with Gasteiger partial charge in [-0.25, -0.2) is 4.79 Å². The Hall–Kier alpha value is -1.55. The van der Waals surface area contributed by atoms with Crippen LogP contribution in [0.3, 0.4) is 0 Å². The van der Waals surface area contributed by atoms with Crippen LogP contribution in [0.2, 0.25) is 0 Å². The highest BCUT2D eigenvalue weighted by Crippen LogP contribution is 2.03. The van der Waals surface area contributed by atoms with Crippen LogP contribution in [-0.4, -0.2) is 44.7 Å². The molecular formula is C12H20N3O+. The molecule has 0 unspecified atom stereocenters. The highest BCUT2D eigenvalue weighted by Gasteiger charge is 2.07. The Morgan fingerprint density at radius 2 is 1.81 bits per heavy atom. The van der Waals surface area contributed by atoms with Crippen molar-refractivity contribution in [3.8, 4) is 0 Å². The summed E-state index contributed by atoms with van der Waals surface area (Å²) in [7, 11) is 6.28. The Balaban J connectivity index is 2.27. The summed E-state index contributed by atoms with van der Waals surface area (Å²) in [4.78, 5) is 11.5. The maximum absolute atomic E-state index is 11.5. The number of benzene rings is 1. The van der Waals surface area contributed by atoms with Crippen molar-refractivity contribution in [2.75, 3.05) is 39.5 Å². The molecule has 2 N–H and O–H groups in total. The van der Waals surface area contributed by atoms with E-state index in [-0.39, 0.29) is 6.03 Å². The average Bonchev–Trinajstić information content (AvgIpc) is 2.17. The molecule has 0 saturated heterocycles. The van der Waals surface area contributed by atoms with Crippen LogP contribution in [0.15, 0.2) is 30.3 Å². The highest BCUT2D eigenvalue weighted by molar-refractivity contribution is 5.89. The Morgan fingerprint density at radius 1 is 1.19 bits per heavy atom. The Labute approximate surface area is 96.9 Å². The normalized spacial score (nSPS) is 10.9. The van der Waals surface area contributed by atoms with Gasteiger partial charge in [0.1, 0.15) is 0 Å². The molecule has 16 heavy (non-hydrogen) atoms. The number of nitrogens with one attached hydrogen (secondary N) is 2. The van der Waals surface area contributed by atoms with E-state index in [1.165, 1.54) is 0 Å². The lowest BCUT2D eigenvalue weighted by Crippen LogP contribution is -2.42. The standard InChI is InChI=1S/C12H19N3O/c1-15(2,3)10-9-13-12(16)14-11-7-5-4-6-8-11/h4-8H,9-10H2,1-3H3,(H-,13,14,16)/p+1. The fourth-order valence-corrected chi connectivity index (χ4v) is 1.20. The molecule has 1 rings (SSSR count). The first-order valence-electron chi connectivity index (χ1n) is 5.38. The molecule has 0 heterocycles. The summed E-state index contributed by atoms with van der Waals surface area (Å²) in [6, 6.07) is 9.27. The van der Waals surface area contributed by atoms with E-state index in [0.29, 0.717) is 6.54 Å². The zero-order valence-electron chi connectivity index (χ0n) is 10.2. The molecule has 0 fully saturated rings. The van der Waals surface area contributed by atoms with Gasteiger partial charge >= 0.3 is 6.03 Å². The van der Waals surface area contributed by atoms with Crippen molar-refractivity contribution in [1.29, 1.82) is 0 Å². The maximum Gasteiger partial charge on any atom is 0.319 e. The third kappa shape index (κ3) is 5.36. The Morgan fingerprint density at radius 3 is 2.38 bits per heavy atom. The van der Waals surface area contributed by atoms with Gasteiger partial charge in [0.15, 0.2) is 0 Å². The first kappa shape index (κ1) is 12.5. The van der Waals surface area contributed by atoms with Crippen molar-refractivity contribution < 1.29 is 9.28 Å². The van der Waals surface area contributed by atoms with E-state index >= 15 is 0 Å². The number of para-hydroxylation sites is 1. The molecular weight excluding hydrogens is 202 g/mol. The molecule has 0 aliphatic rings. The molecule has 0 aliphatic carbocycles. The molecule has 0 saturated carbocycles. The van der Waals surface area contributed by atoms with Crippen LogP contribution < -0.4 is 10.6 Å². The monoisotopic (exact) mass is 222 g/mol. The van der Waals surface area contributed by atoms with Gasteiger partial charge in [-0.3, -0.25) is 0 Å². The molecule has 1 aromatic rings. The van der Waals surface area contributed by atoms with Gasteiger partial charge in [-0.05, 0) is 12.1 Å². The van der Waals surface area contributed by atoms with E-state index in [1.54, 1.807) is 0 Å². The van der Waals surface area contributed by atoms with E-state index in [9.17, 15) is 4.79 Å². The summed E-state index contributed by atoms with van der Waals surface area (Å²) in [6.45, 7) is 1.57. The molecule has 4 nitrogen and oxygen atoms in total. The molecule has 0 aromatic heterocycles. The fourth-order valence-electron chi connectivity index (χ4n) is 1.20. The van der Waals surface area contributed by atoms with E-state index in [4.69, 9.17) is 0 Å². The van der Waals surface area contributed by atoms with Crippen molar-refractivity contribution in [3.63, 3.8) is 0 Å². The number of likely N-dealkylation sites (N-methyl/N-ethyl adjacent to an activating group) is 1. The minimum atomic E-state index is -0.153. The SMILES string of the molecule is C[N+](C)(C)CCNC(=O)Nc1ccccc1. The number of amides is 2. The van der Waals surface area contributed by atoms with Gasteiger partial charge in [-0.2, -0.15) is 0 Å². The zero-order chi connectivity index (χ0) is 12.0. The van der Waals surface area contributed by atoms with Gasteiger partial charge in [0, 0.05) is 5.69 Å². The topological polar surface area (TPSA) is 41.1 Å². The molecule has 2 amide bonds. The van der Waals surface area contributed by atoms with Crippen molar-refractivity contribution in [1.82, 2.24) is 5.32 Å². The molecule has 0 atom stereocenters. The summed E-state index contributed by atoms with van der Waals surface area (Å²) in [5, 5.41) is 5.59. The predicted molar refractivity (Wildman–Crippen MR) is 66.4 cm³/mol. The van der Waals surface area contributed by atoms with E-state index in [2.05, 4.69) is 31.8 Å². The number of carbonyl (C=O) groups is 1. The molecule has 88 valence electrons. The number of urea groups is 1. The number of carbonyl (C=O) groups excluding carboxylic acids is 1. The summed E-state index contributed by atoms with van der Waals surface area (Å²) < 4.78 is 0.839. The second-order valence-electron chi connectivity index (χ2n) is 4.76. The summed E-state index contributed by atoms with van der Waals surface area (Å²) in [6.07, 6.45) is 0.